The van der Waals surface area contributed by atoms with Crippen LogP contribution < -0.4 is 0 Å². The number of aryl methyl sites for hydroxylation is 1. The number of thioether (sulfide) groups is 1. The van der Waals surface area contributed by atoms with Crippen LogP contribution in [0.25, 0.3) is 0 Å². The van der Waals surface area contributed by atoms with E-state index in [0.717, 1.165) is 16.5 Å². The van der Waals surface area contributed by atoms with Crippen LogP contribution in [-0.2, 0) is 4.84 Å². The lowest BCUT2D eigenvalue weighted by Gasteiger charge is -2.04. The fourth-order valence-electron chi connectivity index (χ4n) is 1.44. The van der Waals surface area contributed by atoms with Crippen LogP contribution in [0.1, 0.15) is 31.2 Å². The van der Waals surface area contributed by atoms with Crippen LogP contribution in [-0.4, -0.2) is 28.0 Å². The molecule has 1 aromatic heterocycles. The Kier molecular flexibility index (Phi) is 4.74. The van der Waals surface area contributed by atoms with Gasteiger partial charge in [-0.2, -0.15) is 5.26 Å². The van der Waals surface area contributed by atoms with Crippen LogP contribution in [0.5, 0.6) is 0 Å². The van der Waals surface area contributed by atoms with Gasteiger partial charge >= 0.3 is 0 Å². The smallest absolute Gasteiger partial charge is 0.206 e. The van der Waals surface area contributed by atoms with Gasteiger partial charge < -0.3 is 4.84 Å². The molecule has 0 aliphatic heterocycles. The van der Waals surface area contributed by atoms with Crippen LogP contribution >= 0.6 is 11.8 Å². The van der Waals surface area contributed by atoms with Crippen molar-refractivity contribution in [2.75, 3.05) is 12.4 Å². The molecule has 0 bridgehead atoms. The number of rotatable bonds is 6. The second-order valence-corrected chi connectivity index (χ2v) is 5.62. The second kappa shape index (κ2) is 6.53. The molecule has 0 radical (unpaired) electrons. The summed E-state index contributed by atoms with van der Waals surface area (Å²) in [5.41, 5.74) is 1.53. The first-order chi connectivity index (χ1) is 9.24. The molecule has 0 aromatic carbocycles. The van der Waals surface area contributed by atoms with E-state index >= 15 is 0 Å². The van der Waals surface area contributed by atoms with Crippen molar-refractivity contribution in [1.82, 2.24) is 9.97 Å². The van der Waals surface area contributed by atoms with E-state index in [1.165, 1.54) is 12.8 Å². The minimum Gasteiger partial charge on any atom is -0.394 e. The van der Waals surface area contributed by atoms with Crippen molar-refractivity contribution in [2.24, 2.45) is 11.1 Å². The van der Waals surface area contributed by atoms with E-state index in [-0.39, 0.29) is 5.71 Å². The van der Waals surface area contributed by atoms with Gasteiger partial charge in [-0.3, -0.25) is 4.98 Å². The van der Waals surface area contributed by atoms with Crippen LogP contribution in [0.2, 0.25) is 0 Å². The predicted molar refractivity (Wildman–Crippen MR) is 74.0 cm³/mol. The number of nitrogens with zero attached hydrogens (tertiary/aromatic N) is 4. The maximum Gasteiger partial charge on any atom is 0.206 e. The first-order valence-electron chi connectivity index (χ1n) is 6.31. The van der Waals surface area contributed by atoms with Gasteiger partial charge in [0.2, 0.25) is 5.71 Å². The summed E-state index contributed by atoms with van der Waals surface area (Å²) in [6.07, 6.45) is 3.95. The van der Waals surface area contributed by atoms with Gasteiger partial charge in [0, 0.05) is 0 Å². The number of oxime groups is 1. The molecule has 1 fully saturated rings. The molecule has 0 atom stereocenters. The Morgan fingerprint density at radius 2 is 2.42 bits per heavy atom. The molecular formula is C13H16N4OS. The van der Waals surface area contributed by atoms with E-state index < -0.39 is 0 Å². The van der Waals surface area contributed by atoms with Crippen LogP contribution in [0.15, 0.2) is 16.4 Å². The zero-order valence-corrected chi connectivity index (χ0v) is 11.9. The van der Waals surface area contributed by atoms with E-state index in [1.54, 1.807) is 18.0 Å². The normalized spacial score (nSPS) is 15.1. The quantitative estimate of drug-likeness (QED) is 0.453. The Labute approximate surface area is 117 Å². The Morgan fingerprint density at radius 3 is 3.05 bits per heavy atom. The maximum absolute atomic E-state index is 9.12. The molecule has 5 nitrogen and oxygen atoms in total. The first-order valence-corrected chi connectivity index (χ1v) is 7.30. The van der Waals surface area contributed by atoms with Gasteiger partial charge in [0.15, 0.2) is 0 Å². The average molecular weight is 276 g/mol. The highest BCUT2D eigenvalue weighted by molar-refractivity contribution is 7.99. The summed E-state index contributed by atoms with van der Waals surface area (Å²) < 4.78 is 0. The molecule has 0 spiro atoms. The van der Waals surface area contributed by atoms with Crippen LogP contribution in [0.3, 0.4) is 0 Å². The molecule has 0 N–H and O–H groups in total. The molecule has 19 heavy (non-hydrogen) atoms. The largest absolute Gasteiger partial charge is 0.394 e. The van der Waals surface area contributed by atoms with Crippen molar-refractivity contribution in [3.05, 3.63) is 17.6 Å². The molecule has 1 saturated carbocycles. The molecule has 100 valence electrons. The maximum atomic E-state index is 9.12. The van der Waals surface area contributed by atoms with Gasteiger partial charge in [0.1, 0.15) is 23.4 Å². The molecular weight excluding hydrogens is 260 g/mol. The highest BCUT2D eigenvalue weighted by Crippen LogP contribution is 2.28. The van der Waals surface area contributed by atoms with Gasteiger partial charge in [0.05, 0.1) is 11.9 Å². The van der Waals surface area contributed by atoms with Crippen LogP contribution in [0.4, 0.5) is 0 Å². The van der Waals surface area contributed by atoms with Gasteiger partial charge in [-0.1, -0.05) is 12.1 Å². The minimum atomic E-state index is 0.186. The first kappa shape index (κ1) is 13.8. The highest BCUT2D eigenvalue weighted by atomic mass is 32.2. The third-order valence-electron chi connectivity index (χ3n) is 2.70. The molecule has 1 aliphatic carbocycles. The molecule has 0 saturated heterocycles. The molecule has 1 heterocycles. The zero-order valence-electron chi connectivity index (χ0n) is 11.1. The third-order valence-corrected chi connectivity index (χ3v) is 3.65. The highest BCUT2D eigenvalue weighted by Gasteiger charge is 2.22. The van der Waals surface area contributed by atoms with E-state index in [2.05, 4.69) is 22.0 Å². The van der Waals surface area contributed by atoms with Gasteiger partial charge in [-0.25, -0.2) is 4.98 Å². The van der Waals surface area contributed by atoms with Crippen molar-refractivity contribution < 1.29 is 4.84 Å². The molecule has 1 aliphatic rings. The Hall–Kier alpha value is -1.61. The van der Waals surface area contributed by atoms with E-state index in [0.29, 0.717) is 18.2 Å². The second-order valence-electron chi connectivity index (χ2n) is 4.37. The lowest BCUT2D eigenvalue weighted by Crippen LogP contribution is -2.06. The molecule has 6 heteroatoms. The van der Waals surface area contributed by atoms with Crippen LogP contribution in [0, 0.1) is 24.2 Å². The summed E-state index contributed by atoms with van der Waals surface area (Å²) in [5.74, 6) is 1.52. The Bertz CT molecular complexity index is 520. The van der Waals surface area contributed by atoms with E-state index in [9.17, 15) is 0 Å². The standard InChI is InChI=1S/C13H16N4OS/c1-3-19-13-9(2)15-7-12(16-13)11(6-14)17-18-8-10-4-5-10/h7,10H,3-5,8H2,1-2H3/b17-11+. The van der Waals surface area contributed by atoms with Crippen molar-refractivity contribution in [3.63, 3.8) is 0 Å². The van der Waals surface area contributed by atoms with Crippen molar-refractivity contribution in [1.29, 1.82) is 5.26 Å². The van der Waals surface area contributed by atoms with Gasteiger partial charge in [-0.15, -0.1) is 11.8 Å². The SMILES string of the molecule is CCSc1nc(/C(C#N)=N/OCC2CC2)cnc1C. The van der Waals surface area contributed by atoms with Gasteiger partial charge in [-0.05, 0) is 31.4 Å². The van der Waals surface area contributed by atoms with Crippen molar-refractivity contribution >= 4 is 17.5 Å². The van der Waals surface area contributed by atoms with Gasteiger partial charge in [0.25, 0.3) is 0 Å². The lowest BCUT2D eigenvalue weighted by molar-refractivity contribution is 0.134. The fraction of sp³-hybridized carbons (Fsp3) is 0.538. The summed E-state index contributed by atoms with van der Waals surface area (Å²) in [6.45, 7) is 4.54. The predicted octanol–water partition coefficient (Wildman–Crippen LogP) is 2.55. The summed E-state index contributed by atoms with van der Waals surface area (Å²) >= 11 is 1.60. The average Bonchev–Trinajstić information content (AvgIpc) is 3.22. The fourth-order valence-corrected chi connectivity index (χ4v) is 2.13. The molecule has 0 amide bonds. The topological polar surface area (TPSA) is 71.2 Å². The van der Waals surface area contributed by atoms with E-state index in [4.69, 9.17) is 10.1 Å². The Morgan fingerprint density at radius 1 is 1.63 bits per heavy atom. The third kappa shape index (κ3) is 3.93. The number of nitriles is 1. The summed E-state index contributed by atoms with van der Waals surface area (Å²) in [5, 5.41) is 13.8. The summed E-state index contributed by atoms with van der Waals surface area (Å²) in [7, 11) is 0. The number of hydrogen-bond donors (Lipinski definition) is 0. The number of aromatic nitrogens is 2. The molecule has 2 rings (SSSR count). The monoisotopic (exact) mass is 276 g/mol. The number of hydrogen-bond acceptors (Lipinski definition) is 6. The summed E-state index contributed by atoms with van der Waals surface area (Å²) in [4.78, 5) is 13.9. The lowest BCUT2D eigenvalue weighted by atomic mass is 10.3. The summed E-state index contributed by atoms with van der Waals surface area (Å²) in [6, 6.07) is 2.01. The molecule has 0 unspecified atom stereocenters. The Balaban J connectivity index is 2.12. The van der Waals surface area contributed by atoms with Crippen molar-refractivity contribution in [3.8, 4) is 6.07 Å². The van der Waals surface area contributed by atoms with Crippen molar-refractivity contribution in [2.45, 2.75) is 31.7 Å². The zero-order chi connectivity index (χ0) is 13.7. The van der Waals surface area contributed by atoms with E-state index in [1.807, 2.05) is 13.0 Å². The molecule has 1 aromatic rings. The minimum absolute atomic E-state index is 0.186.